The first-order valence-electron chi connectivity index (χ1n) is 4.29. The topological polar surface area (TPSA) is 78.9 Å². The number of nitriles is 1. The van der Waals surface area contributed by atoms with Gasteiger partial charge in [0.2, 0.25) is 0 Å². The Bertz CT molecular complexity index is 442. The average molecular weight is 221 g/mol. The van der Waals surface area contributed by atoms with Crippen molar-refractivity contribution in [2.75, 3.05) is 17.6 Å². The van der Waals surface area contributed by atoms with Crippen molar-refractivity contribution in [3.05, 3.63) is 23.1 Å². The molecule has 0 saturated heterocycles. The number of rotatable bonds is 4. The molecule has 15 heavy (non-hydrogen) atoms. The molecule has 0 aliphatic carbocycles. The van der Waals surface area contributed by atoms with Crippen molar-refractivity contribution in [2.24, 2.45) is 0 Å². The summed E-state index contributed by atoms with van der Waals surface area (Å²) in [6.45, 7) is 5.52. The van der Waals surface area contributed by atoms with E-state index in [2.05, 4.69) is 11.9 Å². The Morgan fingerprint density at radius 3 is 2.93 bits per heavy atom. The fourth-order valence-electron chi connectivity index (χ4n) is 1.11. The van der Waals surface area contributed by atoms with Gasteiger partial charge in [0.05, 0.1) is 10.6 Å². The third kappa shape index (κ3) is 2.17. The van der Waals surface area contributed by atoms with Crippen molar-refractivity contribution in [1.29, 1.82) is 5.26 Å². The van der Waals surface area contributed by atoms with Crippen molar-refractivity contribution < 1.29 is 4.79 Å². The minimum absolute atomic E-state index is 0.124. The molecule has 0 amide bonds. The van der Waals surface area contributed by atoms with E-state index < -0.39 is 0 Å². The zero-order valence-electron chi connectivity index (χ0n) is 8.33. The van der Waals surface area contributed by atoms with Crippen LogP contribution in [0.15, 0.2) is 12.7 Å². The van der Waals surface area contributed by atoms with Gasteiger partial charge in [-0.15, -0.1) is 17.9 Å². The second-order valence-corrected chi connectivity index (χ2v) is 3.91. The molecule has 0 unspecified atom stereocenters. The average Bonchev–Trinajstić information content (AvgIpc) is 2.52. The van der Waals surface area contributed by atoms with E-state index in [0.29, 0.717) is 22.0 Å². The van der Waals surface area contributed by atoms with Crippen molar-refractivity contribution in [3.8, 4) is 6.07 Å². The number of Topliss-reactive ketones (excluding diaryl/α,β-unsaturated/α-hetero) is 1. The Balaban J connectivity index is 3.17. The van der Waals surface area contributed by atoms with Gasteiger partial charge >= 0.3 is 0 Å². The molecule has 0 bridgehead atoms. The van der Waals surface area contributed by atoms with Crippen LogP contribution in [-0.2, 0) is 0 Å². The molecular formula is C10H11N3OS. The zero-order chi connectivity index (χ0) is 11.4. The highest BCUT2D eigenvalue weighted by Gasteiger charge is 2.17. The van der Waals surface area contributed by atoms with Crippen LogP contribution in [0.1, 0.15) is 22.2 Å². The van der Waals surface area contributed by atoms with Crippen LogP contribution in [0.25, 0.3) is 0 Å². The second-order valence-electron chi connectivity index (χ2n) is 2.89. The van der Waals surface area contributed by atoms with Gasteiger partial charge in [0, 0.05) is 13.5 Å². The SMILES string of the molecule is C=CCNc1sc(C(C)=O)c(N)c1C#N. The molecule has 1 aromatic heterocycles. The summed E-state index contributed by atoms with van der Waals surface area (Å²) < 4.78 is 0. The Morgan fingerprint density at radius 2 is 2.47 bits per heavy atom. The number of nitrogens with one attached hydrogen (secondary N) is 1. The van der Waals surface area contributed by atoms with E-state index in [1.165, 1.54) is 18.3 Å². The van der Waals surface area contributed by atoms with Gasteiger partial charge in [0.25, 0.3) is 0 Å². The Hall–Kier alpha value is -1.80. The molecular weight excluding hydrogens is 210 g/mol. The molecule has 0 spiro atoms. The first-order valence-corrected chi connectivity index (χ1v) is 5.11. The van der Waals surface area contributed by atoms with Crippen LogP contribution >= 0.6 is 11.3 Å². The standard InChI is InChI=1S/C10H11N3OS/c1-3-4-13-10-7(5-11)8(12)9(15-10)6(2)14/h3,13H,1,4,12H2,2H3. The fraction of sp³-hybridized carbons (Fsp3) is 0.200. The highest BCUT2D eigenvalue weighted by Crippen LogP contribution is 2.35. The Morgan fingerprint density at radius 1 is 1.80 bits per heavy atom. The summed E-state index contributed by atoms with van der Waals surface area (Å²) >= 11 is 1.20. The van der Waals surface area contributed by atoms with E-state index in [1.54, 1.807) is 6.08 Å². The van der Waals surface area contributed by atoms with Crippen LogP contribution in [0.5, 0.6) is 0 Å². The maximum atomic E-state index is 11.2. The zero-order valence-corrected chi connectivity index (χ0v) is 9.15. The van der Waals surface area contributed by atoms with Gasteiger partial charge in [-0.3, -0.25) is 4.79 Å². The molecule has 0 aromatic carbocycles. The number of hydrogen-bond donors (Lipinski definition) is 2. The molecule has 3 N–H and O–H groups in total. The van der Waals surface area contributed by atoms with E-state index in [-0.39, 0.29) is 11.5 Å². The van der Waals surface area contributed by atoms with E-state index in [1.807, 2.05) is 6.07 Å². The van der Waals surface area contributed by atoms with Crippen LogP contribution in [0.2, 0.25) is 0 Å². The quantitative estimate of drug-likeness (QED) is 0.602. The first kappa shape index (κ1) is 11.3. The van der Waals surface area contributed by atoms with E-state index in [4.69, 9.17) is 11.0 Å². The van der Waals surface area contributed by atoms with Crippen LogP contribution in [0.3, 0.4) is 0 Å². The van der Waals surface area contributed by atoms with Gasteiger partial charge in [-0.25, -0.2) is 0 Å². The largest absolute Gasteiger partial charge is 0.396 e. The third-order valence-electron chi connectivity index (χ3n) is 1.78. The number of hydrogen-bond acceptors (Lipinski definition) is 5. The van der Waals surface area contributed by atoms with Crippen molar-refractivity contribution in [1.82, 2.24) is 0 Å². The number of carbonyl (C=O) groups excluding carboxylic acids is 1. The molecule has 1 aromatic rings. The molecule has 0 atom stereocenters. The molecule has 0 aliphatic rings. The van der Waals surface area contributed by atoms with Gasteiger partial charge in [-0.05, 0) is 0 Å². The van der Waals surface area contributed by atoms with Crippen LogP contribution in [0.4, 0.5) is 10.7 Å². The summed E-state index contributed by atoms with van der Waals surface area (Å²) in [5.74, 6) is -0.124. The molecule has 4 nitrogen and oxygen atoms in total. The Labute approximate surface area is 92.0 Å². The molecule has 1 heterocycles. The van der Waals surface area contributed by atoms with E-state index in [0.717, 1.165) is 0 Å². The van der Waals surface area contributed by atoms with Crippen LogP contribution < -0.4 is 11.1 Å². The summed E-state index contributed by atoms with van der Waals surface area (Å²) in [5.41, 5.74) is 6.29. The maximum absolute atomic E-state index is 11.2. The van der Waals surface area contributed by atoms with Gasteiger partial charge in [-0.2, -0.15) is 5.26 Å². The number of nitrogen functional groups attached to an aromatic ring is 1. The molecule has 1 rings (SSSR count). The smallest absolute Gasteiger partial charge is 0.171 e. The molecule has 0 saturated carbocycles. The van der Waals surface area contributed by atoms with Gasteiger partial charge < -0.3 is 11.1 Å². The lowest BCUT2D eigenvalue weighted by atomic mass is 10.2. The van der Waals surface area contributed by atoms with E-state index in [9.17, 15) is 4.79 Å². The third-order valence-corrected chi connectivity index (χ3v) is 3.05. The number of thiophene rings is 1. The summed E-state index contributed by atoms with van der Waals surface area (Å²) in [5, 5.41) is 12.5. The van der Waals surface area contributed by atoms with Gasteiger partial charge in [0.1, 0.15) is 16.6 Å². The number of nitrogens with zero attached hydrogens (tertiary/aromatic N) is 1. The van der Waals surface area contributed by atoms with E-state index >= 15 is 0 Å². The highest BCUT2D eigenvalue weighted by atomic mass is 32.1. The highest BCUT2D eigenvalue weighted by molar-refractivity contribution is 7.18. The first-order chi connectivity index (χ1) is 7.11. The van der Waals surface area contributed by atoms with Crippen molar-refractivity contribution in [2.45, 2.75) is 6.92 Å². The monoisotopic (exact) mass is 221 g/mol. The predicted octanol–water partition coefficient (Wildman–Crippen LogP) is 2.00. The number of nitrogens with two attached hydrogens (primary N) is 1. The minimum Gasteiger partial charge on any atom is -0.396 e. The lowest BCUT2D eigenvalue weighted by Gasteiger charge is -1.98. The number of anilines is 2. The van der Waals surface area contributed by atoms with Gasteiger partial charge in [-0.1, -0.05) is 6.08 Å². The lowest BCUT2D eigenvalue weighted by Crippen LogP contribution is -1.98. The summed E-state index contributed by atoms with van der Waals surface area (Å²) in [7, 11) is 0. The van der Waals surface area contributed by atoms with Crippen LogP contribution in [-0.4, -0.2) is 12.3 Å². The molecule has 5 heteroatoms. The second kappa shape index (κ2) is 4.62. The molecule has 0 fully saturated rings. The summed E-state index contributed by atoms with van der Waals surface area (Å²) in [6.07, 6.45) is 1.67. The lowest BCUT2D eigenvalue weighted by molar-refractivity contribution is 0.102. The minimum atomic E-state index is -0.124. The predicted molar refractivity (Wildman–Crippen MR) is 62.1 cm³/mol. The number of ketones is 1. The van der Waals surface area contributed by atoms with Crippen molar-refractivity contribution >= 4 is 27.8 Å². The fourth-order valence-corrected chi connectivity index (χ4v) is 2.08. The molecule has 78 valence electrons. The summed E-state index contributed by atoms with van der Waals surface area (Å²) in [4.78, 5) is 11.6. The normalized spacial score (nSPS) is 9.33. The molecule has 0 radical (unpaired) electrons. The Kier molecular flexibility index (Phi) is 3.47. The maximum Gasteiger partial charge on any atom is 0.171 e. The van der Waals surface area contributed by atoms with Crippen LogP contribution in [0, 0.1) is 11.3 Å². The van der Waals surface area contributed by atoms with Crippen molar-refractivity contribution in [3.63, 3.8) is 0 Å². The number of carbonyl (C=O) groups is 1. The van der Waals surface area contributed by atoms with Gasteiger partial charge in [0.15, 0.2) is 5.78 Å². The molecule has 0 aliphatic heterocycles. The summed E-state index contributed by atoms with van der Waals surface area (Å²) in [6, 6.07) is 1.98.